The summed E-state index contributed by atoms with van der Waals surface area (Å²) in [6.45, 7) is 3.29. The molecule has 3 aliphatic rings. The fraction of sp³-hybridized carbons (Fsp3) is 0.600. The fourth-order valence-electron chi connectivity index (χ4n) is 4.48. The number of ether oxygens (including phenoxy) is 1. The topological polar surface area (TPSA) is 49.9 Å². The molecule has 4 rings (SSSR count). The Morgan fingerprint density at radius 2 is 1.72 bits per heavy atom. The van der Waals surface area contributed by atoms with Gasteiger partial charge in [-0.1, -0.05) is 30.3 Å². The van der Waals surface area contributed by atoms with E-state index >= 15 is 0 Å². The molecule has 0 spiro atoms. The summed E-state index contributed by atoms with van der Waals surface area (Å²) in [4.78, 5) is 28.4. The molecule has 0 bridgehead atoms. The first kappa shape index (κ1) is 16.6. The number of urea groups is 1. The van der Waals surface area contributed by atoms with Crippen molar-refractivity contribution in [3.05, 3.63) is 35.9 Å². The molecule has 1 aromatic carbocycles. The number of amides is 2. The van der Waals surface area contributed by atoms with E-state index in [9.17, 15) is 9.59 Å². The van der Waals surface area contributed by atoms with E-state index in [0.717, 1.165) is 38.9 Å². The summed E-state index contributed by atoms with van der Waals surface area (Å²) in [7, 11) is 0. The molecule has 0 aliphatic carbocycles. The second-order valence-corrected chi connectivity index (χ2v) is 7.54. The zero-order chi connectivity index (χ0) is 17.2. The van der Waals surface area contributed by atoms with Crippen molar-refractivity contribution in [2.75, 3.05) is 32.8 Å². The number of benzene rings is 1. The molecule has 2 amide bonds. The number of carbonyl (C=O) groups is 2. The predicted octanol–water partition coefficient (Wildman–Crippen LogP) is 2.67. The van der Waals surface area contributed by atoms with E-state index in [1.54, 1.807) is 0 Å². The number of hydrogen-bond acceptors (Lipinski definition) is 3. The molecule has 5 heteroatoms. The first-order valence-corrected chi connectivity index (χ1v) is 9.43. The highest BCUT2D eigenvalue weighted by molar-refractivity contribution is 5.81. The zero-order valence-electron chi connectivity index (χ0n) is 14.6. The molecule has 1 aromatic rings. The van der Waals surface area contributed by atoms with Crippen molar-refractivity contribution in [1.82, 2.24) is 9.80 Å². The number of hydrogen-bond donors (Lipinski definition) is 0. The van der Waals surface area contributed by atoms with E-state index in [1.807, 2.05) is 15.9 Å². The minimum atomic E-state index is 0.142. The Labute approximate surface area is 148 Å². The quantitative estimate of drug-likeness (QED) is 0.788. The Balaban J connectivity index is 1.32. The van der Waals surface area contributed by atoms with Crippen LogP contribution in [0.5, 0.6) is 0 Å². The van der Waals surface area contributed by atoms with Crippen molar-refractivity contribution >= 4 is 11.8 Å². The molecule has 0 saturated carbocycles. The minimum absolute atomic E-state index is 0.142. The van der Waals surface area contributed by atoms with Gasteiger partial charge in [-0.25, -0.2) is 4.79 Å². The van der Waals surface area contributed by atoms with Gasteiger partial charge in [-0.05, 0) is 30.7 Å². The summed E-state index contributed by atoms with van der Waals surface area (Å²) in [6, 6.07) is 10.7. The van der Waals surface area contributed by atoms with Crippen LogP contribution in [0, 0.1) is 5.92 Å². The van der Waals surface area contributed by atoms with Crippen molar-refractivity contribution in [2.45, 2.75) is 37.7 Å². The second kappa shape index (κ2) is 7.16. The molecule has 25 heavy (non-hydrogen) atoms. The van der Waals surface area contributed by atoms with Crippen LogP contribution < -0.4 is 0 Å². The molecular weight excluding hydrogens is 316 g/mol. The molecule has 3 fully saturated rings. The summed E-state index contributed by atoms with van der Waals surface area (Å²) < 4.78 is 5.63. The normalized spacial score (nSPS) is 27.9. The number of carbonyl (C=O) groups excluding carboxylic acids is 2. The van der Waals surface area contributed by atoms with Crippen molar-refractivity contribution in [1.29, 1.82) is 0 Å². The summed E-state index contributed by atoms with van der Waals surface area (Å²) in [5.74, 6) is 0.903. The van der Waals surface area contributed by atoms with E-state index in [-0.39, 0.29) is 30.4 Å². The zero-order valence-corrected chi connectivity index (χ0v) is 14.6. The van der Waals surface area contributed by atoms with Crippen LogP contribution in [-0.4, -0.2) is 60.5 Å². The van der Waals surface area contributed by atoms with Crippen LogP contribution in [0.3, 0.4) is 0 Å². The Morgan fingerprint density at radius 3 is 2.48 bits per heavy atom. The molecule has 0 aromatic heterocycles. The van der Waals surface area contributed by atoms with Gasteiger partial charge in [-0.3, -0.25) is 4.79 Å². The lowest BCUT2D eigenvalue weighted by Crippen LogP contribution is -2.54. The monoisotopic (exact) mass is 342 g/mol. The van der Waals surface area contributed by atoms with Crippen molar-refractivity contribution in [3.8, 4) is 0 Å². The van der Waals surface area contributed by atoms with Crippen LogP contribution in [0.1, 0.15) is 37.2 Å². The minimum Gasteiger partial charge on any atom is -0.370 e. The number of nitrogens with zero attached hydrogens (tertiary/aromatic N) is 2. The van der Waals surface area contributed by atoms with Gasteiger partial charge >= 0.3 is 6.03 Å². The van der Waals surface area contributed by atoms with Gasteiger partial charge in [0.1, 0.15) is 6.61 Å². The van der Waals surface area contributed by atoms with E-state index in [4.69, 9.17) is 4.74 Å². The molecule has 2 atom stereocenters. The number of likely N-dealkylation sites (tertiary alicyclic amines) is 2. The lowest BCUT2D eigenvalue weighted by Gasteiger charge is -2.43. The van der Waals surface area contributed by atoms with Gasteiger partial charge in [0.25, 0.3) is 0 Å². The van der Waals surface area contributed by atoms with E-state index in [2.05, 4.69) is 24.3 Å². The Kier molecular flexibility index (Phi) is 4.75. The maximum atomic E-state index is 12.9. The van der Waals surface area contributed by atoms with Gasteiger partial charge in [0.2, 0.25) is 0 Å². The molecule has 3 heterocycles. The Morgan fingerprint density at radius 1 is 1.00 bits per heavy atom. The molecular formula is C20H26N2O3. The lowest BCUT2D eigenvalue weighted by atomic mass is 9.88. The van der Waals surface area contributed by atoms with E-state index < -0.39 is 0 Å². The maximum absolute atomic E-state index is 12.9. The Hall–Kier alpha value is -1.88. The highest BCUT2D eigenvalue weighted by atomic mass is 16.5. The van der Waals surface area contributed by atoms with Crippen LogP contribution >= 0.6 is 0 Å². The molecule has 0 radical (unpaired) electrons. The van der Waals surface area contributed by atoms with Crippen LogP contribution in [0.15, 0.2) is 30.3 Å². The highest BCUT2D eigenvalue weighted by Crippen LogP contribution is 2.30. The van der Waals surface area contributed by atoms with Gasteiger partial charge in [0, 0.05) is 38.5 Å². The number of Topliss-reactive ketones (excluding diaryl/α,β-unsaturated/α-hetero) is 1. The number of piperidine rings is 2. The molecule has 3 saturated heterocycles. The molecule has 3 aliphatic heterocycles. The first-order chi connectivity index (χ1) is 12.2. The number of rotatable bonds is 1. The highest BCUT2D eigenvalue weighted by Gasteiger charge is 2.38. The lowest BCUT2D eigenvalue weighted by molar-refractivity contribution is -0.139. The summed E-state index contributed by atoms with van der Waals surface area (Å²) in [6.07, 6.45) is 3.62. The molecule has 5 nitrogen and oxygen atoms in total. The fourth-order valence-corrected chi connectivity index (χ4v) is 4.48. The van der Waals surface area contributed by atoms with Crippen LogP contribution in [0.2, 0.25) is 0 Å². The molecule has 0 unspecified atom stereocenters. The van der Waals surface area contributed by atoms with Gasteiger partial charge in [0.15, 0.2) is 5.78 Å². The van der Waals surface area contributed by atoms with Crippen LogP contribution in [-0.2, 0) is 9.53 Å². The average Bonchev–Trinajstić information content (AvgIpc) is 2.67. The van der Waals surface area contributed by atoms with Gasteiger partial charge in [-0.2, -0.15) is 0 Å². The maximum Gasteiger partial charge on any atom is 0.320 e. The third-order valence-corrected chi connectivity index (χ3v) is 5.92. The summed E-state index contributed by atoms with van der Waals surface area (Å²) >= 11 is 0. The summed E-state index contributed by atoms with van der Waals surface area (Å²) in [5, 5.41) is 0. The molecule has 0 N–H and O–H groups in total. The smallest absolute Gasteiger partial charge is 0.320 e. The van der Waals surface area contributed by atoms with Crippen LogP contribution in [0.25, 0.3) is 0 Å². The number of ketones is 1. The SMILES string of the molecule is O=C1CO[C@H]2CCN(C(=O)N3CCC(c4ccccc4)CC3)C[C@H]2C1. The van der Waals surface area contributed by atoms with Gasteiger partial charge in [-0.15, -0.1) is 0 Å². The van der Waals surface area contributed by atoms with Gasteiger partial charge in [0.05, 0.1) is 6.10 Å². The van der Waals surface area contributed by atoms with Crippen molar-refractivity contribution in [3.63, 3.8) is 0 Å². The third kappa shape index (κ3) is 3.56. The van der Waals surface area contributed by atoms with Crippen molar-refractivity contribution < 1.29 is 14.3 Å². The second-order valence-electron chi connectivity index (χ2n) is 7.54. The van der Waals surface area contributed by atoms with Gasteiger partial charge < -0.3 is 14.5 Å². The first-order valence-electron chi connectivity index (χ1n) is 9.43. The molecule has 134 valence electrons. The third-order valence-electron chi connectivity index (χ3n) is 5.92. The Bertz CT molecular complexity index is 625. The predicted molar refractivity (Wildman–Crippen MR) is 94.4 cm³/mol. The van der Waals surface area contributed by atoms with Crippen LogP contribution in [0.4, 0.5) is 4.79 Å². The largest absolute Gasteiger partial charge is 0.370 e. The number of fused-ring (bicyclic) bond motifs is 1. The average molecular weight is 342 g/mol. The summed E-state index contributed by atoms with van der Waals surface area (Å²) in [5.41, 5.74) is 1.38. The van der Waals surface area contributed by atoms with E-state index in [1.165, 1.54) is 5.56 Å². The standard InChI is InChI=1S/C20H26N2O3/c23-18-12-17-13-22(11-8-19(17)25-14-18)20(24)21-9-6-16(7-10-21)15-4-2-1-3-5-15/h1-5,16-17,19H,6-14H2/t17-,19+/m1/s1. The van der Waals surface area contributed by atoms with E-state index in [0.29, 0.717) is 18.9 Å². The van der Waals surface area contributed by atoms with Crippen molar-refractivity contribution in [2.24, 2.45) is 5.92 Å².